The molecule has 1 aliphatic rings. The molecule has 0 spiro atoms. The largest absolute Gasteiger partial charge is 0.359 e. The molecule has 6 heteroatoms. The SMILES string of the molecule is O=C(NCc1cc(-c2ccc(Cl)cc2Cl)no1)C1=CC=CC1. The van der Waals surface area contributed by atoms with E-state index >= 15 is 0 Å². The number of halogens is 2. The van der Waals surface area contributed by atoms with Crippen molar-refractivity contribution in [3.05, 3.63) is 63.9 Å². The maximum atomic E-state index is 11.9. The van der Waals surface area contributed by atoms with Crippen molar-refractivity contribution in [2.24, 2.45) is 0 Å². The van der Waals surface area contributed by atoms with Gasteiger partial charge in [0.25, 0.3) is 0 Å². The number of rotatable bonds is 4. The van der Waals surface area contributed by atoms with Crippen LogP contribution in [-0.4, -0.2) is 11.1 Å². The molecular formula is C16H12Cl2N2O2. The number of benzene rings is 1. The van der Waals surface area contributed by atoms with Crippen molar-refractivity contribution in [3.8, 4) is 11.3 Å². The third-order valence-corrected chi connectivity index (χ3v) is 3.80. The number of carbonyl (C=O) groups is 1. The number of aromatic nitrogens is 1. The second-order valence-electron chi connectivity index (χ2n) is 4.81. The Kier molecular flexibility index (Phi) is 4.32. The lowest BCUT2D eigenvalue weighted by molar-refractivity contribution is -0.117. The molecule has 0 saturated heterocycles. The zero-order valence-corrected chi connectivity index (χ0v) is 13.0. The normalized spacial score (nSPS) is 13.3. The highest BCUT2D eigenvalue weighted by molar-refractivity contribution is 6.36. The summed E-state index contributed by atoms with van der Waals surface area (Å²) in [5, 5.41) is 7.82. The van der Waals surface area contributed by atoms with Crippen molar-refractivity contribution >= 4 is 29.1 Å². The molecule has 3 rings (SSSR count). The second-order valence-corrected chi connectivity index (χ2v) is 5.65. The average molecular weight is 335 g/mol. The number of nitrogens with zero attached hydrogens (tertiary/aromatic N) is 1. The Bertz CT molecular complexity index is 778. The number of allylic oxidation sites excluding steroid dienone is 3. The van der Waals surface area contributed by atoms with Crippen LogP contribution in [-0.2, 0) is 11.3 Å². The Morgan fingerprint density at radius 2 is 2.18 bits per heavy atom. The maximum Gasteiger partial charge on any atom is 0.247 e. The molecule has 0 atom stereocenters. The first-order chi connectivity index (χ1) is 10.6. The van der Waals surface area contributed by atoms with Crippen molar-refractivity contribution in [2.75, 3.05) is 0 Å². The molecule has 0 bridgehead atoms. The summed E-state index contributed by atoms with van der Waals surface area (Å²) in [6.07, 6.45) is 6.26. The molecule has 1 heterocycles. The molecule has 0 fully saturated rings. The predicted molar refractivity (Wildman–Crippen MR) is 85.6 cm³/mol. The lowest BCUT2D eigenvalue weighted by Crippen LogP contribution is -2.23. The van der Waals surface area contributed by atoms with E-state index in [4.69, 9.17) is 27.7 Å². The molecule has 0 saturated carbocycles. The molecule has 0 aliphatic heterocycles. The van der Waals surface area contributed by atoms with Gasteiger partial charge in [-0.1, -0.05) is 46.6 Å². The van der Waals surface area contributed by atoms with E-state index in [0.29, 0.717) is 27.9 Å². The fraction of sp³-hybridized carbons (Fsp3) is 0.125. The van der Waals surface area contributed by atoms with Crippen LogP contribution in [0.15, 0.2) is 52.6 Å². The van der Waals surface area contributed by atoms with Gasteiger partial charge in [-0.2, -0.15) is 0 Å². The summed E-state index contributed by atoms with van der Waals surface area (Å²) in [6.45, 7) is 0.272. The Balaban J connectivity index is 1.67. The first kappa shape index (κ1) is 14.9. The molecule has 1 aromatic heterocycles. The highest BCUT2D eigenvalue weighted by atomic mass is 35.5. The highest BCUT2D eigenvalue weighted by Gasteiger charge is 2.13. The van der Waals surface area contributed by atoms with Gasteiger partial charge in [0, 0.05) is 22.2 Å². The summed E-state index contributed by atoms with van der Waals surface area (Å²) < 4.78 is 5.23. The van der Waals surface area contributed by atoms with E-state index in [1.54, 1.807) is 30.3 Å². The van der Waals surface area contributed by atoms with Gasteiger partial charge in [-0.15, -0.1) is 0 Å². The van der Waals surface area contributed by atoms with Crippen molar-refractivity contribution < 1.29 is 9.32 Å². The van der Waals surface area contributed by atoms with Crippen molar-refractivity contribution in [1.29, 1.82) is 0 Å². The Morgan fingerprint density at radius 1 is 1.32 bits per heavy atom. The topological polar surface area (TPSA) is 55.1 Å². The molecule has 0 unspecified atom stereocenters. The Morgan fingerprint density at radius 3 is 2.91 bits per heavy atom. The molecule has 4 nitrogen and oxygen atoms in total. The quantitative estimate of drug-likeness (QED) is 0.913. The molecular weight excluding hydrogens is 323 g/mol. The van der Waals surface area contributed by atoms with Crippen LogP contribution in [0.2, 0.25) is 10.0 Å². The van der Waals surface area contributed by atoms with Gasteiger partial charge in [0.2, 0.25) is 5.91 Å². The van der Waals surface area contributed by atoms with Crippen molar-refractivity contribution in [2.45, 2.75) is 13.0 Å². The van der Waals surface area contributed by atoms with Crippen LogP contribution in [0.25, 0.3) is 11.3 Å². The predicted octanol–water partition coefficient (Wildman–Crippen LogP) is 4.15. The number of amides is 1. The lowest BCUT2D eigenvalue weighted by atomic mass is 10.1. The molecule has 0 radical (unpaired) electrons. The van der Waals surface area contributed by atoms with E-state index < -0.39 is 0 Å². The lowest BCUT2D eigenvalue weighted by Gasteiger charge is -2.02. The first-order valence-electron chi connectivity index (χ1n) is 6.68. The van der Waals surface area contributed by atoms with E-state index in [2.05, 4.69) is 10.5 Å². The van der Waals surface area contributed by atoms with Crippen LogP contribution in [0, 0.1) is 0 Å². The summed E-state index contributed by atoms with van der Waals surface area (Å²) in [7, 11) is 0. The number of nitrogens with one attached hydrogen (secondary N) is 1. The monoisotopic (exact) mass is 334 g/mol. The average Bonchev–Trinajstić information content (AvgIpc) is 3.16. The van der Waals surface area contributed by atoms with Crippen LogP contribution < -0.4 is 5.32 Å². The van der Waals surface area contributed by atoms with Gasteiger partial charge >= 0.3 is 0 Å². The van der Waals surface area contributed by atoms with Crippen molar-refractivity contribution in [1.82, 2.24) is 10.5 Å². The summed E-state index contributed by atoms with van der Waals surface area (Å²) in [5.74, 6) is 0.452. The Hall–Kier alpha value is -2.04. The number of hydrogen-bond acceptors (Lipinski definition) is 3. The Labute approximate surface area is 137 Å². The zero-order valence-electron chi connectivity index (χ0n) is 11.5. The van der Waals surface area contributed by atoms with E-state index in [1.807, 2.05) is 12.2 Å². The summed E-state index contributed by atoms with van der Waals surface area (Å²) in [4.78, 5) is 11.9. The maximum absolute atomic E-state index is 11.9. The number of carbonyl (C=O) groups excluding carboxylic acids is 1. The van der Waals surface area contributed by atoms with E-state index in [1.165, 1.54) is 0 Å². The zero-order chi connectivity index (χ0) is 15.5. The third kappa shape index (κ3) is 3.24. The molecule has 1 aromatic carbocycles. The van der Waals surface area contributed by atoms with Crippen LogP contribution in [0.1, 0.15) is 12.2 Å². The van der Waals surface area contributed by atoms with Crippen LogP contribution in [0.4, 0.5) is 0 Å². The standard InChI is InChI=1S/C16H12Cl2N2O2/c17-11-5-6-13(14(18)7-11)15-8-12(22-20-15)9-19-16(21)10-3-1-2-4-10/h1-3,5-8H,4,9H2,(H,19,21). The van der Waals surface area contributed by atoms with Crippen LogP contribution >= 0.6 is 23.2 Å². The summed E-state index contributed by atoms with van der Waals surface area (Å²) >= 11 is 12.0. The van der Waals surface area contributed by atoms with Gasteiger partial charge in [0.05, 0.1) is 11.6 Å². The fourth-order valence-corrected chi connectivity index (χ4v) is 2.62. The first-order valence-corrected chi connectivity index (χ1v) is 7.44. The van der Waals surface area contributed by atoms with Gasteiger partial charge in [0.15, 0.2) is 5.76 Å². The smallest absolute Gasteiger partial charge is 0.247 e. The molecule has 1 aliphatic carbocycles. The van der Waals surface area contributed by atoms with E-state index in [9.17, 15) is 4.79 Å². The minimum atomic E-state index is -0.104. The molecule has 1 N–H and O–H groups in total. The van der Waals surface area contributed by atoms with Gasteiger partial charge in [-0.05, 0) is 24.6 Å². The minimum absolute atomic E-state index is 0.104. The third-order valence-electron chi connectivity index (χ3n) is 3.25. The minimum Gasteiger partial charge on any atom is -0.359 e. The van der Waals surface area contributed by atoms with Crippen LogP contribution in [0.5, 0.6) is 0 Å². The van der Waals surface area contributed by atoms with Gasteiger partial charge in [-0.3, -0.25) is 4.79 Å². The molecule has 2 aromatic rings. The number of hydrogen-bond donors (Lipinski definition) is 1. The molecule has 22 heavy (non-hydrogen) atoms. The fourth-order valence-electron chi connectivity index (χ4n) is 2.12. The van der Waals surface area contributed by atoms with Gasteiger partial charge < -0.3 is 9.84 Å². The van der Waals surface area contributed by atoms with Gasteiger partial charge in [-0.25, -0.2) is 0 Å². The van der Waals surface area contributed by atoms with E-state index in [-0.39, 0.29) is 12.5 Å². The highest BCUT2D eigenvalue weighted by Crippen LogP contribution is 2.29. The summed E-state index contributed by atoms with van der Waals surface area (Å²) in [5.41, 5.74) is 2.07. The molecule has 1 amide bonds. The summed E-state index contributed by atoms with van der Waals surface area (Å²) in [6, 6.07) is 6.91. The van der Waals surface area contributed by atoms with E-state index in [0.717, 1.165) is 11.1 Å². The van der Waals surface area contributed by atoms with Crippen LogP contribution in [0.3, 0.4) is 0 Å². The second kappa shape index (κ2) is 6.38. The van der Waals surface area contributed by atoms with Gasteiger partial charge in [0.1, 0.15) is 5.69 Å². The van der Waals surface area contributed by atoms with Crippen molar-refractivity contribution in [3.63, 3.8) is 0 Å². The molecule has 112 valence electrons.